The van der Waals surface area contributed by atoms with Gasteiger partial charge in [0.25, 0.3) is 0 Å². The lowest BCUT2D eigenvalue weighted by molar-refractivity contribution is -0.132. The van der Waals surface area contributed by atoms with E-state index in [4.69, 9.17) is 11.6 Å². The number of piperazine rings is 1. The Morgan fingerprint density at radius 2 is 1.76 bits per heavy atom. The number of hydrogen-bond donors (Lipinski definition) is 0. The molecule has 0 radical (unpaired) electrons. The fourth-order valence-electron chi connectivity index (χ4n) is 2.72. The highest BCUT2D eigenvalue weighted by Gasteiger charge is 2.21. The van der Waals surface area contributed by atoms with E-state index >= 15 is 0 Å². The summed E-state index contributed by atoms with van der Waals surface area (Å²) in [5.74, 6) is 0.228. The molecule has 1 aromatic rings. The van der Waals surface area contributed by atoms with Gasteiger partial charge in [-0.3, -0.25) is 9.69 Å². The van der Waals surface area contributed by atoms with Crippen molar-refractivity contribution in [2.24, 2.45) is 0 Å². The molecular weight excluding hydrogens is 286 g/mol. The van der Waals surface area contributed by atoms with Crippen molar-refractivity contribution >= 4 is 23.2 Å². The molecule has 0 saturated carbocycles. The molecule has 0 N–H and O–H groups in total. The van der Waals surface area contributed by atoms with E-state index in [1.54, 1.807) is 0 Å². The lowest BCUT2D eigenvalue weighted by atomic mass is 10.2. The van der Waals surface area contributed by atoms with Crippen LogP contribution in [0.25, 0.3) is 0 Å². The van der Waals surface area contributed by atoms with Crippen LogP contribution in [0.4, 0.5) is 5.69 Å². The number of carbonyl (C=O) groups excluding carboxylic acids is 1. The van der Waals surface area contributed by atoms with Crippen LogP contribution in [0.3, 0.4) is 0 Å². The molecule has 1 heterocycles. The van der Waals surface area contributed by atoms with Crippen LogP contribution >= 0.6 is 11.6 Å². The minimum Gasteiger partial charge on any atom is -0.368 e. The summed E-state index contributed by atoms with van der Waals surface area (Å²) in [5, 5.41) is 0.796. The average molecular weight is 310 g/mol. The highest BCUT2D eigenvalue weighted by molar-refractivity contribution is 6.33. The van der Waals surface area contributed by atoms with Crippen LogP contribution in [0.2, 0.25) is 5.02 Å². The van der Waals surface area contributed by atoms with Crippen molar-refractivity contribution in [3.05, 3.63) is 29.3 Å². The number of carbonyl (C=O) groups is 1. The summed E-state index contributed by atoms with van der Waals surface area (Å²) in [7, 11) is 0. The van der Waals surface area contributed by atoms with E-state index in [0.717, 1.165) is 50.0 Å². The molecule has 0 aromatic heterocycles. The van der Waals surface area contributed by atoms with Crippen LogP contribution in [0.5, 0.6) is 0 Å². The first-order valence-corrected chi connectivity index (χ1v) is 8.03. The monoisotopic (exact) mass is 309 g/mol. The second-order valence-corrected chi connectivity index (χ2v) is 5.69. The summed E-state index contributed by atoms with van der Waals surface area (Å²) in [6.07, 6.45) is 0. The SMILES string of the molecule is CCN(CC)C(=O)CN1CCN(c2ccccc2Cl)CC1. The van der Waals surface area contributed by atoms with Gasteiger partial charge in [-0.05, 0) is 26.0 Å². The molecule has 0 aliphatic carbocycles. The van der Waals surface area contributed by atoms with E-state index in [1.807, 2.05) is 36.9 Å². The molecule has 1 aliphatic rings. The number of likely N-dealkylation sites (N-methyl/N-ethyl adjacent to an activating group) is 1. The number of halogens is 1. The summed E-state index contributed by atoms with van der Waals surface area (Å²) < 4.78 is 0. The summed E-state index contributed by atoms with van der Waals surface area (Å²) in [4.78, 5) is 18.5. The fraction of sp³-hybridized carbons (Fsp3) is 0.562. The van der Waals surface area contributed by atoms with Gasteiger partial charge in [-0.2, -0.15) is 0 Å². The zero-order valence-corrected chi connectivity index (χ0v) is 13.6. The molecule has 1 saturated heterocycles. The molecule has 1 fully saturated rings. The van der Waals surface area contributed by atoms with E-state index in [-0.39, 0.29) is 5.91 Å². The van der Waals surface area contributed by atoms with Crippen molar-refractivity contribution < 1.29 is 4.79 Å². The molecule has 5 heteroatoms. The number of anilines is 1. The minimum absolute atomic E-state index is 0.228. The number of amides is 1. The molecule has 1 aromatic carbocycles. The van der Waals surface area contributed by atoms with Crippen LogP contribution in [0.1, 0.15) is 13.8 Å². The van der Waals surface area contributed by atoms with Crippen molar-refractivity contribution in [2.45, 2.75) is 13.8 Å². The van der Waals surface area contributed by atoms with Crippen molar-refractivity contribution in [3.8, 4) is 0 Å². The van der Waals surface area contributed by atoms with Gasteiger partial charge in [0, 0.05) is 39.3 Å². The smallest absolute Gasteiger partial charge is 0.236 e. The summed E-state index contributed by atoms with van der Waals surface area (Å²) in [6.45, 7) is 9.77. The maximum absolute atomic E-state index is 12.1. The first-order chi connectivity index (χ1) is 10.2. The van der Waals surface area contributed by atoms with Gasteiger partial charge in [0.05, 0.1) is 17.3 Å². The quantitative estimate of drug-likeness (QED) is 0.835. The molecule has 21 heavy (non-hydrogen) atoms. The maximum atomic E-state index is 12.1. The standard InChI is InChI=1S/C16H24ClN3O/c1-3-19(4-2)16(21)13-18-9-11-20(12-10-18)15-8-6-5-7-14(15)17/h5-8H,3-4,9-13H2,1-2H3. The number of benzene rings is 1. The molecule has 0 atom stereocenters. The average Bonchev–Trinajstić information content (AvgIpc) is 2.50. The van der Waals surface area contributed by atoms with Crippen LogP contribution in [-0.4, -0.2) is 61.5 Å². The van der Waals surface area contributed by atoms with Crippen molar-refractivity contribution in [1.29, 1.82) is 0 Å². The topological polar surface area (TPSA) is 26.8 Å². The Balaban J connectivity index is 1.86. The van der Waals surface area contributed by atoms with Gasteiger partial charge in [-0.15, -0.1) is 0 Å². The highest BCUT2D eigenvalue weighted by Crippen LogP contribution is 2.25. The molecule has 1 aliphatic heterocycles. The van der Waals surface area contributed by atoms with Crippen LogP contribution in [0.15, 0.2) is 24.3 Å². The van der Waals surface area contributed by atoms with Crippen LogP contribution in [0, 0.1) is 0 Å². The Morgan fingerprint density at radius 3 is 2.33 bits per heavy atom. The van der Waals surface area contributed by atoms with Gasteiger partial charge in [0.2, 0.25) is 5.91 Å². The van der Waals surface area contributed by atoms with Crippen LogP contribution in [-0.2, 0) is 4.79 Å². The first kappa shape index (κ1) is 16.1. The second kappa shape index (κ2) is 7.66. The molecule has 0 unspecified atom stereocenters. The Hall–Kier alpha value is -1.26. The van der Waals surface area contributed by atoms with Gasteiger partial charge >= 0.3 is 0 Å². The predicted octanol–water partition coefficient (Wildman–Crippen LogP) is 2.33. The lowest BCUT2D eigenvalue weighted by Crippen LogP contribution is -2.50. The third-order valence-corrected chi connectivity index (χ3v) is 4.36. The Bertz CT molecular complexity index is 468. The van der Waals surface area contributed by atoms with Gasteiger partial charge in [-0.1, -0.05) is 23.7 Å². The molecule has 0 spiro atoms. The fourth-order valence-corrected chi connectivity index (χ4v) is 2.98. The van der Waals surface area contributed by atoms with Crippen LogP contribution < -0.4 is 4.90 Å². The van der Waals surface area contributed by atoms with Gasteiger partial charge < -0.3 is 9.80 Å². The number of hydrogen-bond acceptors (Lipinski definition) is 3. The summed E-state index contributed by atoms with van der Waals surface area (Å²) in [6, 6.07) is 7.94. The predicted molar refractivity (Wildman–Crippen MR) is 88.0 cm³/mol. The third kappa shape index (κ3) is 4.11. The second-order valence-electron chi connectivity index (χ2n) is 5.28. The number of nitrogens with zero attached hydrogens (tertiary/aromatic N) is 3. The third-order valence-electron chi connectivity index (χ3n) is 4.04. The van der Waals surface area contributed by atoms with E-state index < -0.39 is 0 Å². The van der Waals surface area contributed by atoms with Crippen molar-refractivity contribution in [2.75, 3.05) is 50.7 Å². The maximum Gasteiger partial charge on any atom is 0.236 e. The Labute approximate surface area is 132 Å². The van der Waals surface area contributed by atoms with E-state index in [9.17, 15) is 4.79 Å². The number of para-hydroxylation sites is 1. The number of rotatable bonds is 5. The molecule has 4 nitrogen and oxygen atoms in total. The van der Waals surface area contributed by atoms with E-state index in [1.165, 1.54) is 0 Å². The summed E-state index contributed by atoms with van der Waals surface area (Å²) in [5.41, 5.74) is 1.09. The van der Waals surface area contributed by atoms with Gasteiger partial charge in [0.15, 0.2) is 0 Å². The lowest BCUT2D eigenvalue weighted by Gasteiger charge is -2.36. The Morgan fingerprint density at radius 1 is 1.14 bits per heavy atom. The molecule has 1 amide bonds. The molecule has 0 bridgehead atoms. The zero-order valence-electron chi connectivity index (χ0n) is 12.9. The van der Waals surface area contributed by atoms with Crippen molar-refractivity contribution in [3.63, 3.8) is 0 Å². The van der Waals surface area contributed by atoms with E-state index in [0.29, 0.717) is 6.54 Å². The molecular formula is C16H24ClN3O. The summed E-state index contributed by atoms with van der Waals surface area (Å²) >= 11 is 6.24. The Kier molecular flexibility index (Phi) is 5.88. The van der Waals surface area contributed by atoms with Crippen molar-refractivity contribution in [1.82, 2.24) is 9.80 Å². The molecule has 2 rings (SSSR count). The minimum atomic E-state index is 0.228. The highest BCUT2D eigenvalue weighted by atomic mass is 35.5. The largest absolute Gasteiger partial charge is 0.368 e. The van der Waals surface area contributed by atoms with E-state index in [2.05, 4.69) is 15.9 Å². The first-order valence-electron chi connectivity index (χ1n) is 7.65. The normalized spacial score (nSPS) is 16.0. The van der Waals surface area contributed by atoms with Gasteiger partial charge in [-0.25, -0.2) is 0 Å². The van der Waals surface area contributed by atoms with Gasteiger partial charge in [0.1, 0.15) is 0 Å². The zero-order chi connectivity index (χ0) is 15.2. The molecule has 116 valence electrons.